The Hall–Kier alpha value is -2.87. The summed E-state index contributed by atoms with van der Waals surface area (Å²) in [4.78, 5) is 35.7. The monoisotopic (exact) mass is 498 g/mol. The average molecular weight is 499 g/mol. The minimum atomic E-state index is -1.09. The fourth-order valence-electron chi connectivity index (χ4n) is 6.06. The van der Waals surface area contributed by atoms with Crippen LogP contribution in [-0.2, 0) is 14.3 Å². The molecule has 4 aliphatic rings. The first-order valence-electron chi connectivity index (χ1n) is 13.5. The average Bonchev–Trinajstić information content (AvgIpc) is 3.68. The Morgan fingerprint density at radius 1 is 0.750 bits per heavy atom. The summed E-state index contributed by atoms with van der Waals surface area (Å²) in [6.45, 7) is 1.18. The van der Waals surface area contributed by atoms with Crippen LogP contribution >= 0.6 is 0 Å². The molecule has 3 N–H and O–H groups in total. The van der Waals surface area contributed by atoms with E-state index in [9.17, 15) is 19.5 Å². The van der Waals surface area contributed by atoms with E-state index in [0.717, 1.165) is 51.4 Å². The van der Waals surface area contributed by atoms with E-state index in [2.05, 4.69) is 34.3 Å². The van der Waals surface area contributed by atoms with Crippen LogP contribution in [0.2, 0.25) is 0 Å². The second-order valence-electron chi connectivity index (χ2n) is 10.5. The number of carboxylic acids is 1. The topological polar surface area (TPSA) is 114 Å². The molecule has 0 spiro atoms. The minimum Gasteiger partial charge on any atom is -0.480 e. The summed E-state index contributed by atoms with van der Waals surface area (Å²) in [6.07, 6.45) is 8.23. The second-order valence-corrected chi connectivity index (χ2v) is 10.5. The normalized spacial score (nSPS) is 30.3. The number of carboxylic acid groups (broad SMARTS) is 1. The zero-order valence-corrected chi connectivity index (χ0v) is 20.9. The van der Waals surface area contributed by atoms with Crippen LogP contribution < -0.4 is 10.6 Å². The Labute approximate surface area is 213 Å². The predicted octanol–water partition coefficient (Wildman–Crippen LogP) is 3.94. The highest BCUT2D eigenvalue weighted by atomic mass is 16.6. The molecule has 7 atom stereocenters. The van der Waals surface area contributed by atoms with E-state index in [1.807, 2.05) is 0 Å². The van der Waals surface area contributed by atoms with Crippen molar-refractivity contribution in [3.63, 3.8) is 0 Å². The molecule has 4 aliphatic carbocycles. The molecule has 0 aromatic heterocycles. The molecule has 0 heterocycles. The number of hydrogen-bond acceptors (Lipinski definition) is 5. The van der Waals surface area contributed by atoms with Gasteiger partial charge in [0.05, 0.1) is 13.2 Å². The van der Waals surface area contributed by atoms with E-state index in [-0.39, 0.29) is 6.42 Å². The third-order valence-electron chi connectivity index (χ3n) is 8.27. The number of fused-ring (bicyclic) bond motifs is 2. The van der Waals surface area contributed by atoms with Crippen molar-refractivity contribution in [1.82, 2.24) is 10.6 Å². The van der Waals surface area contributed by atoms with Gasteiger partial charge in [0, 0.05) is 32.2 Å². The van der Waals surface area contributed by atoms with Gasteiger partial charge in [-0.3, -0.25) is 0 Å². The van der Waals surface area contributed by atoms with Gasteiger partial charge in [-0.05, 0) is 80.5 Å². The third-order valence-corrected chi connectivity index (χ3v) is 8.27. The molecule has 8 nitrogen and oxygen atoms in total. The van der Waals surface area contributed by atoms with Crippen LogP contribution in [0, 0.1) is 59.2 Å². The number of alkyl carbamates (subject to hydrolysis) is 2. The molecular weight excluding hydrogens is 460 g/mol. The maximum Gasteiger partial charge on any atom is 0.407 e. The Kier molecular flexibility index (Phi) is 9.39. The molecule has 196 valence electrons. The van der Waals surface area contributed by atoms with Gasteiger partial charge >= 0.3 is 18.2 Å². The standard InChI is InChI=1S/C28H38N2O6/c31-26(32)25(30-28(34)36-18-24-21-13-7-3-4-8-14-22(21)24)15-9-10-16-29-27(33)35-17-23-19-11-5-1-2-6-12-20(19)23/h19-25H,5-18H2,(H,29,33)(H,30,34)(H,31,32)/t19-,20+,21-,22+,23+,24+,25?. The lowest BCUT2D eigenvalue weighted by Crippen LogP contribution is -2.41. The van der Waals surface area contributed by atoms with Gasteiger partial charge in [-0.15, -0.1) is 23.7 Å². The number of ether oxygens (including phenoxy) is 2. The quantitative estimate of drug-likeness (QED) is 0.294. The second kappa shape index (κ2) is 12.9. The van der Waals surface area contributed by atoms with Crippen molar-refractivity contribution >= 4 is 18.2 Å². The van der Waals surface area contributed by atoms with Gasteiger partial charge in [0.2, 0.25) is 0 Å². The molecule has 2 fully saturated rings. The Balaban J connectivity index is 1.04. The van der Waals surface area contributed by atoms with Crippen LogP contribution in [0.5, 0.6) is 0 Å². The Morgan fingerprint density at radius 2 is 1.22 bits per heavy atom. The molecule has 8 heteroatoms. The summed E-state index contributed by atoms with van der Waals surface area (Å²) in [7, 11) is 0. The number of hydrogen-bond donors (Lipinski definition) is 3. The first kappa shape index (κ1) is 26.2. The van der Waals surface area contributed by atoms with Crippen molar-refractivity contribution in [2.45, 2.75) is 76.7 Å². The lowest BCUT2D eigenvalue weighted by atomic mass is 10.1. The van der Waals surface area contributed by atoms with E-state index in [1.54, 1.807) is 0 Å². The lowest BCUT2D eigenvalue weighted by Gasteiger charge is -2.15. The molecule has 0 aliphatic heterocycles. The number of carbonyl (C=O) groups excluding carboxylic acids is 2. The van der Waals surface area contributed by atoms with Crippen LogP contribution in [0.1, 0.15) is 70.6 Å². The molecule has 0 aromatic carbocycles. The summed E-state index contributed by atoms with van der Waals surface area (Å²) >= 11 is 0. The van der Waals surface area contributed by atoms with Crippen molar-refractivity contribution in [3.05, 3.63) is 0 Å². The van der Waals surface area contributed by atoms with Gasteiger partial charge in [0.25, 0.3) is 0 Å². The first-order chi connectivity index (χ1) is 17.5. The highest BCUT2D eigenvalue weighted by molar-refractivity contribution is 5.79. The van der Waals surface area contributed by atoms with Crippen molar-refractivity contribution in [2.24, 2.45) is 35.5 Å². The molecule has 2 saturated carbocycles. The fraction of sp³-hybridized carbons (Fsp3) is 0.750. The molecule has 0 aromatic rings. The lowest BCUT2D eigenvalue weighted by molar-refractivity contribution is -0.139. The molecule has 36 heavy (non-hydrogen) atoms. The van der Waals surface area contributed by atoms with E-state index in [0.29, 0.717) is 68.1 Å². The summed E-state index contributed by atoms with van der Waals surface area (Å²) in [5, 5.41) is 14.7. The molecule has 0 saturated heterocycles. The van der Waals surface area contributed by atoms with Crippen molar-refractivity contribution < 1.29 is 29.0 Å². The van der Waals surface area contributed by atoms with Crippen molar-refractivity contribution in [1.29, 1.82) is 0 Å². The molecule has 2 amide bonds. The van der Waals surface area contributed by atoms with Gasteiger partial charge < -0.3 is 25.2 Å². The van der Waals surface area contributed by atoms with E-state index in [4.69, 9.17) is 9.47 Å². The number of aliphatic carboxylic acids is 1. The van der Waals surface area contributed by atoms with Crippen LogP contribution in [0.15, 0.2) is 0 Å². The largest absolute Gasteiger partial charge is 0.480 e. The molecule has 1 unspecified atom stereocenters. The summed E-state index contributed by atoms with van der Waals surface area (Å²) in [5.74, 6) is 14.8. The summed E-state index contributed by atoms with van der Waals surface area (Å²) in [5.41, 5.74) is 0. The summed E-state index contributed by atoms with van der Waals surface area (Å²) < 4.78 is 10.7. The predicted molar refractivity (Wildman–Crippen MR) is 133 cm³/mol. The maximum absolute atomic E-state index is 12.2. The van der Waals surface area contributed by atoms with Gasteiger partial charge in [0.15, 0.2) is 0 Å². The highest BCUT2D eigenvalue weighted by Gasteiger charge is 2.50. The molecular formula is C28H38N2O6. The van der Waals surface area contributed by atoms with Crippen LogP contribution in [-0.4, -0.2) is 49.1 Å². The smallest absolute Gasteiger partial charge is 0.407 e. The zero-order chi connectivity index (χ0) is 25.3. The van der Waals surface area contributed by atoms with Crippen molar-refractivity contribution in [3.8, 4) is 23.7 Å². The molecule has 0 radical (unpaired) electrons. The SMILES string of the molecule is O=C(NCCCCC(NC(=O)OC[C@H]1[C@@H]2CCC#CCC[C@@H]21)C(=O)O)OC[C@H]1[C@@H]2CCC#CCC[C@@H]21. The van der Waals surface area contributed by atoms with Gasteiger partial charge in [-0.25, -0.2) is 14.4 Å². The minimum absolute atomic E-state index is 0.265. The highest BCUT2D eigenvalue weighted by Crippen LogP contribution is 2.53. The van der Waals surface area contributed by atoms with E-state index >= 15 is 0 Å². The first-order valence-corrected chi connectivity index (χ1v) is 13.5. The number of amides is 2. The Bertz CT molecular complexity index is 892. The van der Waals surface area contributed by atoms with Gasteiger partial charge in [0.1, 0.15) is 6.04 Å². The van der Waals surface area contributed by atoms with Crippen LogP contribution in [0.3, 0.4) is 0 Å². The summed E-state index contributed by atoms with van der Waals surface area (Å²) in [6, 6.07) is -1.01. The van der Waals surface area contributed by atoms with E-state index in [1.165, 1.54) is 0 Å². The van der Waals surface area contributed by atoms with Gasteiger partial charge in [-0.2, -0.15) is 0 Å². The van der Waals surface area contributed by atoms with Crippen molar-refractivity contribution in [2.75, 3.05) is 19.8 Å². The van der Waals surface area contributed by atoms with Gasteiger partial charge in [-0.1, -0.05) is 0 Å². The third kappa shape index (κ3) is 7.56. The fourth-order valence-corrected chi connectivity index (χ4v) is 6.06. The van der Waals surface area contributed by atoms with Crippen LogP contribution in [0.4, 0.5) is 9.59 Å². The number of nitrogens with one attached hydrogen (secondary N) is 2. The maximum atomic E-state index is 12.2. The van der Waals surface area contributed by atoms with Crippen LogP contribution in [0.25, 0.3) is 0 Å². The molecule has 0 bridgehead atoms. The number of carbonyl (C=O) groups is 3. The Morgan fingerprint density at radius 3 is 1.69 bits per heavy atom. The van der Waals surface area contributed by atoms with E-state index < -0.39 is 24.2 Å². The zero-order valence-electron chi connectivity index (χ0n) is 20.9. The molecule has 4 rings (SSSR count). The number of rotatable bonds is 11. The number of unbranched alkanes of at least 4 members (excludes halogenated alkanes) is 1.